The van der Waals surface area contributed by atoms with Crippen LogP contribution in [-0.4, -0.2) is 154 Å². The van der Waals surface area contributed by atoms with E-state index in [0.29, 0.717) is 63.4 Å². The van der Waals surface area contributed by atoms with Gasteiger partial charge in [0.1, 0.15) is 41.7 Å². The van der Waals surface area contributed by atoms with Gasteiger partial charge in [-0.3, -0.25) is 24.0 Å². The zero-order chi connectivity index (χ0) is 55.1. The average Bonchev–Trinajstić information content (AvgIpc) is 3.38. The van der Waals surface area contributed by atoms with Gasteiger partial charge in [0, 0.05) is 51.4 Å². The van der Waals surface area contributed by atoms with E-state index < -0.39 is 130 Å². The molecule has 3 unspecified atom stereocenters. The van der Waals surface area contributed by atoms with Crippen LogP contribution in [0.2, 0.25) is 0 Å². The summed E-state index contributed by atoms with van der Waals surface area (Å²) in [5, 5.41) is 43.1. The zero-order valence-corrected chi connectivity index (χ0v) is 46.2. The standard InChI is InChI=1S/C55H86NO17P/c1-32-16-12-11-13-17-33(2)45(73-74-67)28-40-21-19-38(7)55(66,72-40)50(62)51(63)56-23-15-14-18-41(56)52(64)70-44(29-42(59)34(3)25-37(6)48(61)49(69-10)47(60)36(5)24-32)35(4)26-39-20-22-43(46(27-39)68-9)71-53(65)54(8,30-57)31-58/h11-13,16-17,25,32,34-36,38-41,43-46,48-49,57-58,61,66-67,74H,14-15,18-24,26-31H2,1-10H3/b13-11+,16-12+,33-17+,37-25+/t32-,34-,35-,36-,38-,39+,40+,41+,43-,44+,45?,46-,48-,49?,55+/m1/s1. The molecule has 16 atom stereocenters. The molecule has 4 aliphatic rings. The van der Waals surface area contributed by atoms with Gasteiger partial charge >= 0.3 is 11.9 Å². The molecule has 1 amide bonds. The predicted molar refractivity (Wildman–Crippen MR) is 276 cm³/mol. The Morgan fingerprint density at radius 2 is 1.61 bits per heavy atom. The van der Waals surface area contributed by atoms with Crippen molar-refractivity contribution in [2.75, 3.05) is 34.0 Å². The lowest BCUT2D eigenvalue weighted by molar-refractivity contribution is -0.265. The van der Waals surface area contributed by atoms with Crippen LogP contribution in [0.4, 0.5) is 0 Å². The molecule has 18 nitrogen and oxygen atoms in total. The first-order valence-corrected chi connectivity index (χ1v) is 27.3. The summed E-state index contributed by atoms with van der Waals surface area (Å²) in [6, 6.07) is -1.23. The Kier molecular flexibility index (Phi) is 24.9. The molecule has 0 spiro atoms. The van der Waals surface area contributed by atoms with Crippen molar-refractivity contribution in [3.05, 3.63) is 47.6 Å². The van der Waals surface area contributed by atoms with Crippen molar-refractivity contribution < 1.29 is 82.3 Å². The van der Waals surface area contributed by atoms with Gasteiger partial charge in [0.05, 0.1) is 31.5 Å². The van der Waals surface area contributed by atoms with Gasteiger partial charge in [-0.1, -0.05) is 71.1 Å². The summed E-state index contributed by atoms with van der Waals surface area (Å²) in [5.41, 5.74) is -0.432. The number of ether oxygens (including phenoxy) is 5. The number of hydrogen-bond acceptors (Lipinski definition) is 17. The second-order valence-corrected chi connectivity index (χ2v) is 22.2. The van der Waals surface area contributed by atoms with Crippen molar-refractivity contribution in [2.24, 2.45) is 40.9 Å². The normalized spacial score (nSPS) is 37.3. The van der Waals surface area contributed by atoms with Gasteiger partial charge in [-0.15, -0.1) is 0 Å². The minimum Gasteiger partial charge on any atom is -0.460 e. The molecule has 1 saturated carbocycles. The van der Waals surface area contributed by atoms with E-state index in [4.69, 9.17) is 28.2 Å². The molecule has 3 fully saturated rings. The first kappa shape index (κ1) is 63.0. The van der Waals surface area contributed by atoms with Crippen LogP contribution in [0.1, 0.15) is 132 Å². The molecule has 74 heavy (non-hydrogen) atoms. The van der Waals surface area contributed by atoms with Crippen LogP contribution in [0, 0.1) is 40.9 Å². The molecule has 4 rings (SSSR count). The van der Waals surface area contributed by atoms with E-state index in [2.05, 4.69) is 0 Å². The van der Waals surface area contributed by atoms with Crippen molar-refractivity contribution >= 4 is 44.2 Å². The summed E-state index contributed by atoms with van der Waals surface area (Å²) in [6.45, 7) is 12.5. The quantitative estimate of drug-likeness (QED) is 0.0731. The number of aliphatic hydroxyl groups is 4. The van der Waals surface area contributed by atoms with Gasteiger partial charge in [0.2, 0.25) is 5.79 Å². The van der Waals surface area contributed by atoms with Gasteiger partial charge in [-0.25, -0.2) is 4.79 Å². The number of fused-ring (bicyclic) bond motifs is 3. The summed E-state index contributed by atoms with van der Waals surface area (Å²) in [5.74, 6) is -9.71. The molecule has 0 radical (unpaired) electrons. The minimum atomic E-state index is -2.53. The van der Waals surface area contributed by atoms with E-state index in [9.17, 15) is 54.1 Å². The van der Waals surface area contributed by atoms with Crippen LogP contribution in [0.3, 0.4) is 0 Å². The fourth-order valence-corrected chi connectivity index (χ4v) is 11.0. The maximum absolute atomic E-state index is 14.6. The number of hydrogen-bond donors (Lipinski definition) is 5. The molecule has 0 aromatic heterocycles. The van der Waals surface area contributed by atoms with Crippen molar-refractivity contribution in [3.8, 4) is 0 Å². The van der Waals surface area contributed by atoms with Crippen LogP contribution in [-0.2, 0) is 57.0 Å². The van der Waals surface area contributed by atoms with E-state index >= 15 is 0 Å². The number of amides is 1. The number of carbonyl (C=O) groups excluding carboxylic acids is 6. The van der Waals surface area contributed by atoms with Crippen LogP contribution in [0.15, 0.2) is 47.6 Å². The molecule has 2 bridgehead atoms. The lowest BCUT2D eigenvalue weighted by Gasteiger charge is -2.42. The van der Waals surface area contributed by atoms with E-state index in [1.165, 1.54) is 21.1 Å². The Balaban J connectivity index is 1.70. The highest BCUT2D eigenvalue weighted by molar-refractivity contribution is 7.25. The monoisotopic (exact) mass is 1060 g/mol. The highest BCUT2D eigenvalue weighted by Crippen LogP contribution is 2.39. The van der Waals surface area contributed by atoms with E-state index in [0.717, 1.165) is 10.5 Å². The summed E-state index contributed by atoms with van der Waals surface area (Å²) >= 11 is 0. The highest BCUT2D eigenvalue weighted by atomic mass is 31.1. The van der Waals surface area contributed by atoms with Crippen LogP contribution in [0.25, 0.3) is 0 Å². The molecule has 5 N–H and O–H groups in total. The second kappa shape index (κ2) is 29.3. The van der Waals surface area contributed by atoms with Gasteiger partial charge < -0.3 is 58.4 Å². The van der Waals surface area contributed by atoms with Gasteiger partial charge in [-0.05, 0) is 114 Å². The number of esters is 2. The fraction of sp³-hybridized carbons (Fsp3) is 0.745. The van der Waals surface area contributed by atoms with E-state index in [1.807, 2.05) is 45.1 Å². The third kappa shape index (κ3) is 16.5. The molecule has 0 aromatic rings. The molecule has 418 valence electrons. The topological polar surface area (TPSA) is 262 Å². The van der Waals surface area contributed by atoms with Crippen molar-refractivity contribution in [1.29, 1.82) is 0 Å². The van der Waals surface area contributed by atoms with Crippen LogP contribution >= 0.6 is 9.03 Å². The van der Waals surface area contributed by atoms with Gasteiger partial charge in [0.25, 0.3) is 11.7 Å². The Labute approximate surface area is 439 Å². The molecular weight excluding hydrogens is 978 g/mol. The smallest absolute Gasteiger partial charge is 0.329 e. The van der Waals surface area contributed by atoms with Crippen LogP contribution < -0.4 is 0 Å². The number of rotatable bonds is 11. The second-order valence-electron chi connectivity index (χ2n) is 21.8. The fourth-order valence-electron chi connectivity index (χ4n) is 10.6. The Morgan fingerprint density at radius 1 is 0.905 bits per heavy atom. The number of methoxy groups -OCH3 is 2. The largest absolute Gasteiger partial charge is 0.460 e. The number of piperidine rings is 1. The third-order valence-corrected chi connectivity index (χ3v) is 16.2. The molecule has 2 saturated heterocycles. The first-order valence-electron chi connectivity index (χ1n) is 26.4. The van der Waals surface area contributed by atoms with Crippen molar-refractivity contribution in [3.63, 3.8) is 0 Å². The first-order chi connectivity index (χ1) is 35.0. The number of ketones is 3. The summed E-state index contributed by atoms with van der Waals surface area (Å²) in [4.78, 5) is 95.3. The number of carbonyl (C=O) groups is 6. The lowest BCUT2D eigenvalue weighted by Crippen LogP contribution is -2.61. The molecule has 0 aromatic carbocycles. The van der Waals surface area contributed by atoms with Crippen molar-refractivity contribution in [1.82, 2.24) is 4.90 Å². The minimum absolute atomic E-state index is 0.0193. The molecular formula is C55H86NO17P. The number of allylic oxidation sites excluding steroid dienone is 6. The van der Waals surface area contributed by atoms with E-state index in [1.54, 1.807) is 39.8 Å². The zero-order valence-electron chi connectivity index (χ0n) is 45.2. The molecule has 3 aliphatic heterocycles. The number of Topliss-reactive ketones (excluding diaryl/α,β-unsaturated/α-hetero) is 3. The molecule has 3 heterocycles. The maximum atomic E-state index is 14.6. The lowest BCUT2D eigenvalue weighted by atomic mass is 9.78. The van der Waals surface area contributed by atoms with Gasteiger partial charge in [-0.2, -0.15) is 0 Å². The number of aliphatic hydroxyl groups excluding tert-OH is 3. The molecule has 1 aliphatic carbocycles. The Hall–Kier alpha value is -3.55. The van der Waals surface area contributed by atoms with Crippen molar-refractivity contribution in [2.45, 2.75) is 187 Å². The summed E-state index contributed by atoms with van der Waals surface area (Å²) in [7, 11) is 1.98. The van der Waals surface area contributed by atoms with Gasteiger partial charge in [0.15, 0.2) is 14.8 Å². The van der Waals surface area contributed by atoms with Crippen LogP contribution in [0.5, 0.6) is 0 Å². The SMILES string of the molecule is COC1C(=O)[C@H](C)C[C@H](C)/C=C/C=C/C=C(\C)C(OPO)C[C@@H]2CC[C@@H](C)[C@](O)(O2)C(=O)C(=O)N2CCCC[C@H]2C(=O)O[C@H]([C@H](C)C[C@@H]2CC[C@@H](OC(=O)C(C)(CO)CO)[C@H](OC)C2)CC(=O)[C@H](C)/C=C(\C)[C@H]1O. The Morgan fingerprint density at radius 3 is 2.26 bits per heavy atom. The predicted octanol–water partition coefficient (Wildman–Crippen LogP) is 5.59. The maximum Gasteiger partial charge on any atom is 0.329 e. The average molecular weight is 1060 g/mol. The number of cyclic esters (lactones) is 1. The Bertz CT molecular complexity index is 2040. The highest BCUT2D eigenvalue weighted by Gasteiger charge is 2.53. The molecule has 19 heteroatoms. The third-order valence-electron chi connectivity index (χ3n) is 15.8. The summed E-state index contributed by atoms with van der Waals surface area (Å²) in [6.07, 6.45) is 8.66. The summed E-state index contributed by atoms with van der Waals surface area (Å²) < 4.78 is 35.3. The van der Waals surface area contributed by atoms with E-state index in [-0.39, 0.29) is 49.2 Å². The number of nitrogens with zero attached hydrogens (tertiary/aromatic N) is 1.